The van der Waals surface area contributed by atoms with Crippen molar-refractivity contribution >= 4 is 27.8 Å². The number of benzene rings is 2. The van der Waals surface area contributed by atoms with E-state index in [9.17, 15) is 0 Å². The fraction of sp³-hybridized carbons (Fsp3) is 0.150. The standard InChI is InChI=1S/C20H20BrN5O/c1-26(2)19(22)25-20-23-12-11-18(24-20)15-5-9-17(10-6-15)27-13-14-3-7-16(21)8-4-14/h3-12H,13H2,1-2H3,(H2,22,23,24,25). The Balaban J connectivity index is 1.70. The van der Waals surface area contributed by atoms with E-state index < -0.39 is 0 Å². The van der Waals surface area contributed by atoms with Gasteiger partial charge in [-0.05, 0) is 48.0 Å². The summed E-state index contributed by atoms with van der Waals surface area (Å²) in [7, 11) is 3.63. The third kappa shape index (κ3) is 5.27. The number of guanidine groups is 1. The van der Waals surface area contributed by atoms with Crippen molar-refractivity contribution in [3.05, 3.63) is 70.8 Å². The highest BCUT2D eigenvalue weighted by Gasteiger charge is 2.04. The van der Waals surface area contributed by atoms with Gasteiger partial charge in [0, 0.05) is 30.3 Å². The molecule has 0 bridgehead atoms. The van der Waals surface area contributed by atoms with Crippen LogP contribution in [-0.2, 0) is 6.61 Å². The van der Waals surface area contributed by atoms with E-state index in [1.54, 1.807) is 11.1 Å². The first kappa shape index (κ1) is 18.8. The minimum Gasteiger partial charge on any atom is -0.489 e. The van der Waals surface area contributed by atoms with Crippen molar-refractivity contribution in [2.75, 3.05) is 14.1 Å². The van der Waals surface area contributed by atoms with Crippen LogP contribution in [-0.4, -0.2) is 34.9 Å². The molecule has 3 rings (SSSR count). The molecule has 1 heterocycles. The third-order valence-electron chi connectivity index (χ3n) is 3.78. The summed E-state index contributed by atoms with van der Waals surface area (Å²) in [6, 6.07) is 17.7. The van der Waals surface area contributed by atoms with Gasteiger partial charge in [-0.3, -0.25) is 0 Å². The summed E-state index contributed by atoms with van der Waals surface area (Å²) in [6.07, 6.45) is 1.67. The minimum atomic E-state index is 0.328. The number of aliphatic imine (C=N–C) groups is 1. The molecule has 3 aromatic rings. The van der Waals surface area contributed by atoms with Crippen molar-refractivity contribution < 1.29 is 4.74 Å². The maximum absolute atomic E-state index is 5.83. The molecule has 0 aliphatic carbocycles. The predicted molar refractivity (Wildman–Crippen MR) is 111 cm³/mol. The Morgan fingerprint density at radius 2 is 1.78 bits per heavy atom. The molecule has 0 atom stereocenters. The summed E-state index contributed by atoms with van der Waals surface area (Å²) in [4.78, 5) is 14.5. The van der Waals surface area contributed by atoms with Crippen LogP contribution < -0.4 is 10.5 Å². The lowest BCUT2D eigenvalue weighted by atomic mass is 10.1. The molecule has 0 radical (unpaired) electrons. The van der Waals surface area contributed by atoms with E-state index >= 15 is 0 Å². The van der Waals surface area contributed by atoms with E-state index in [0.29, 0.717) is 18.5 Å². The van der Waals surface area contributed by atoms with Crippen molar-refractivity contribution in [2.24, 2.45) is 10.7 Å². The van der Waals surface area contributed by atoms with E-state index in [-0.39, 0.29) is 0 Å². The van der Waals surface area contributed by atoms with Gasteiger partial charge >= 0.3 is 0 Å². The highest BCUT2D eigenvalue weighted by atomic mass is 79.9. The molecule has 0 saturated carbocycles. The molecule has 0 spiro atoms. The Morgan fingerprint density at radius 3 is 2.44 bits per heavy atom. The summed E-state index contributed by atoms with van der Waals surface area (Å²) in [5.41, 5.74) is 8.66. The maximum Gasteiger partial charge on any atom is 0.253 e. The third-order valence-corrected chi connectivity index (χ3v) is 4.31. The SMILES string of the molecule is CN(C)/C(N)=N\c1nccc(-c2ccc(OCc3ccc(Br)cc3)cc2)n1. The smallest absolute Gasteiger partial charge is 0.253 e. The number of aromatic nitrogens is 2. The van der Waals surface area contributed by atoms with Crippen LogP contribution in [0.15, 0.2) is 70.3 Å². The zero-order valence-electron chi connectivity index (χ0n) is 15.1. The fourth-order valence-corrected chi connectivity index (χ4v) is 2.50. The van der Waals surface area contributed by atoms with E-state index in [0.717, 1.165) is 27.0 Å². The molecule has 1 aromatic heterocycles. The van der Waals surface area contributed by atoms with Crippen molar-refractivity contribution in [3.63, 3.8) is 0 Å². The molecule has 2 N–H and O–H groups in total. The zero-order chi connectivity index (χ0) is 19.2. The quantitative estimate of drug-likeness (QED) is 0.493. The normalized spacial score (nSPS) is 11.3. The van der Waals surface area contributed by atoms with Gasteiger partial charge in [0.2, 0.25) is 0 Å². The Morgan fingerprint density at radius 1 is 1.07 bits per heavy atom. The molecule has 6 nitrogen and oxygen atoms in total. The van der Waals surface area contributed by atoms with Crippen LogP contribution in [0.5, 0.6) is 5.75 Å². The number of hydrogen-bond donors (Lipinski definition) is 1. The summed E-state index contributed by atoms with van der Waals surface area (Å²) >= 11 is 3.43. The molecule has 7 heteroatoms. The Kier molecular flexibility index (Phi) is 6.03. The molecular formula is C20H20BrN5O. The lowest BCUT2D eigenvalue weighted by molar-refractivity contribution is 0.306. The zero-order valence-corrected chi connectivity index (χ0v) is 16.7. The molecule has 0 saturated heterocycles. The van der Waals surface area contributed by atoms with Gasteiger partial charge in [-0.15, -0.1) is 0 Å². The van der Waals surface area contributed by atoms with Crippen molar-refractivity contribution in [1.82, 2.24) is 14.9 Å². The number of nitrogens with zero attached hydrogens (tertiary/aromatic N) is 4. The van der Waals surface area contributed by atoms with E-state index in [1.165, 1.54) is 0 Å². The highest BCUT2D eigenvalue weighted by molar-refractivity contribution is 9.10. The molecule has 0 amide bonds. The first-order valence-electron chi connectivity index (χ1n) is 8.33. The van der Waals surface area contributed by atoms with Gasteiger partial charge in [-0.2, -0.15) is 4.99 Å². The summed E-state index contributed by atoms with van der Waals surface area (Å²) < 4.78 is 6.89. The van der Waals surface area contributed by atoms with Crippen molar-refractivity contribution in [1.29, 1.82) is 0 Å². The molecule has 0 unspecified atom stereocenters. The van der Waals surface area contributed by atoms with Crippen LogP contribution in [0, 0.1) is 0 Å². The van der Waals surface area contributed by atoms with Crippen LogP contribution in [0.3, 0.4) is 0 Å². The second-order valence-electron chi connectivity index (χ2n) is 6.05. The van der Waals surface area contributed by atoms with Gasteiger partial charge in [-0.25, -0.2) is 9.97 Å². The van der Waals surface area contributed by atoms with Gasteiger partial charge in [0.15, 0.2) is 5.96 Å². The molecule has 27 heavy (non-hydrogen) atoms. The number of rotatable bonds is 5. The monoisotopic (exact) mass is 425 g/mol. The summed E-state index contributed by atoms with van der Waals surface area (Å²) in [6.45, 7) is 0.517. The van der Waals surface area contributed by atoms with Gasteiger partial charge in [-0.1, -0.05) is 28.1 Å². The minimum absolute atomic E-state index is 0.328. The van der Waals surface area contributed by atoms with E-state index in [4.69, 9.17) is 10.5 Å². The first-order valence-corrected chi connectivity index (χ1v) is 9.13. The molecule has 138 valence electrons. The van der Waals surface area contributed by atoms with Crippen molar-refractivity contribution in [3.8, 4) is 17.0 Å². The summed E-state index contributed by atoms with van der Waals surface area (Å²) in [5, 5.41) is 0. The fourth-order valence-electron chi connectivity index (χ4n) is 2.23. The molecule has 0 fully saturated rings. The average molecular weight is 426 g/mol. The largest absolute Gasteiger partial charge is 0.489 e. The number of hydrogen-bond acceptors (Lipinski definition) is 4. The van der Waals surface area contributed by atoms with E-state index in [1.807, 2.05) is 68.7 Å². The van der Waals surface area contributed by atoms with Crippen molar-refractivity contribution in [2.45, 2.75) is 6.61 Å². The van der Waals surface area contributed by atoms with E-state index in [2.05, 4.69) is 30.9 Å². The second-order valence-corrected chi connectivity index (χ2v) is 6.96. The van der Waals surface area contributed by atoms with Gasteiger partial charge in [0.05, 0.1) is 5.69 Å². The topological polar surface area (TPSA) is 76.6 Å². The number of ether oxygens (including phenoxy) is 1. The Hall–Kier alpha value is -2.93. The lowest BCUT2D eigenvalue weighted by Crippen LogP contribution is -2.29. The Labute approximate surface area is 166 Å². The number of halogens is 1. The van der Waals surface area contributed by atoms with Gasteiger partial charge in [0.1, 0.15) is 12.4 Å². The second kappa shape index (κ2) is 8.64. The van der Waals surface area contributed by atoms with Crippen LogP contribution in [0.25, 0.3) is 11.3 Å². The molecule has 0 aliphatic heterocycles. The highest BCUT2D eigenvalue weighted by Crippen LogP contribution is 2.22. The summed E-state index contributed by atoms with van der Waals surface area (Å²) in [5.74, 6) is 1.48. The van der Waals surface area contributed by atoms with Gasteiger partial charge in [0.25, 0.3) is 5.95 Å². The molecule has 0 aliphatic rings. The maximum atomic E-state index is 5.83. The predicted octanol–water partition coefficient (Wildman–Crippen LogP) is 3.99. The lowest BCUT2D eigenvalue weighted by Gasteiger charge is -2.10. The van der Waals surface area contributed by atoms with Crippen LogP contribution in [0.1, 0.15) is 5.56 Å². The van der Waals surface area contributed by atoms with Crippen LogP contribution >= 0.6 is 15.9 Å². The van der Waals surface area contributed by atoms with Crippen LogP contribution in [0.2, 0.25) is 0 Å². The number of nitrogens with two attached hydrogens (primary N) is 1. The first-order chi connectivity index (χ1) is 13.0. The van der Waals surface area contributed by atoms with Gasteiger partial charge < -0.3 is 15.4 Å². The Bertz CT molecular complexity index is 924. The molecule has 2 aromatic carbocycles. The van der Waals surface area contributed by atoms with Crippen LogP contribution in [0.4, 0.5) is 5.95 Å². The average Bonchev–Trinajstić information content (AvgIpc) is 2.68. The molecular weight excluding hydrogens is 406 g/mol.